The van der Waals surface area contributed by atoms with E-state index in [1.807, 2.05) is 25.1 Å². The molecule has 0 aromatic heterocycles. The van der Waals surface area contributed by atoms with Crippen molar-refractivity contribution < 1.29 is 9.53 Å². The van der Waals surface area contributed by atoms with Gasteiger partial charge in [0.25, 0.3) is 0 Å². The molecule has 1 aromatic rings. The number of halogens is 1. The molecule has 0 aliphatic rings. The first kappa shape index (κ1) is 14.0. The first-order valence-corrected chi connectivity index (χ1v) is 6.15. The summed E-state index contributed by atoms with van der Waals surface area (Å²) >= 11 is 3.42. The summed E-state index contributed by atoms with van der Waals surface area (Å²) in [7, 11) is 3.37. The van der Waals surface area contributed by atoms with Gasteiger partial charge in [-0.2, -0.15) is 0 Å². The molecule has 1 rings (SSSR count). The molecule has 2 N–H and O–H groups in total. The Hall–Kier alpha value is -1.07. The largest absolute Gasteiger partial charge is 0.496 e. The minimum absolute atomic E-state index is 0.0214. The van der Waals surface area contributed by atoms with Gasteiger partial charge in [-0.15, -0.1) is 0 Å². The van der Waals surface area contributed by atoms with Gasteiger partial charge in [0.05, 0.1) is 24.2 Å². The molecule has 0 aliphatic heterocycles. The van der Waals surface area contributed by atoms with E-state index in [0.29, 0.717) is 6.54 Å². The fourth-order valence-corrected chi connectivity index (χ4v) is 2.05. The third-order valence-electron chi connectivity index (χ3n) is 2.39. The maximum absolute atomic E-state index is 11.4. The highest BCUT2D eigenvalue weighted by Crippen LogP contribution is 2.27. The van der Waals surface area contributed by atoms with E-state index in [4.69, 9.17) is 4.74 Å². The van der Waals surface area contributed by atoms with Gasteiger partial charge in [-0.05, 0) is 47.6 Å². The standard InChI is InChI=1S/C12H17BrN2O2/c1-8(15-12(16)7-14-2)9-4-5-11(17-3)10(13)6-9/h4-6,8,14H,7H2,1-3H3,(H,15,16). The van der Waals surface area contributed by atoms with Crippen LogP contribution in [0.25, 0.3) is 0 Å². The summed E-state index contributed by atoms with van der Waals surface area (Å²) in [5.74, 6) is 0.759. The number of amides is 1. The average molecular weight is 301 g/mol. The second-order valence-corrected chi connectivity index (χ2v) is 4.57. The van der Waals surface area contributed by atoms with Crippen LogP contribution in [-0.2, 0) is 4.79 Å². The Labute approximate surface area is 110 Å². The van der Waals surface area contributed by atoms with Crippen LogP contribution in [0.15, 0.2) is 22.7 Å². The topological polar surface area (TPSA) is 50.4 Å². The van der Waals surface area contributed by atoms with E-state index < -0.39 is 0 Å². The van der Waals surface area contributed by atoms with Crippen molar-refractivity contribution in [2.24, 2.45) is 0 Å². The number of carbonyl (C=O) groups is 1. The van der Waals surface area contributed by atoms with Crippen molar-refractivity contribution >= 4 is 21.8 Å². The Kier molecular flexibility index (Phi) is 5.44. The number of methoxy groups -OCH3 is 1. The van der Waals surface area contributed by atoms with Crippen LogP contribution in [0.2, 0.25) is 0 Å². The first-order valence-electron chi connectivity index (χ1n) is 5.36. The maximum Gasteiger partial charge on any atom is 0.234 e. The lowest BCUT2D eigenvalue weighted by molar-refractivity contribution is -0.120. The van der Waals surface area contributed by atoms with Crippen LogP contribution in [0.3, 0.4) is 0 Å². The van der Waals surface area contributed by atoms with Gasteiger partial charge in [-0.25, -0.2) is 0 Å². The lowest BCUT2D eigenvalue weighted by atomic mass is 10.1. The molecule has 1 unspecified atom stereocenters. The molecule has 0 heterocycles. The fraction of sp³-hybridized carbons (Fsp3) is 0.417. The minimum atomic E-state index is -0.0296. The minimum Gasteiger partial charge on any atom is -0.496 e. The molecular formula is C12H17BrN2O2. The maximum atomic E-state index is 11.4. The molecule has 94 valence electrons. The predicted octanol–water partition coefficient (Wildman–Crippen LogP) is 1.85. The molecule has 0 radical (unpaired) electrons. The van der Waals surface area contributed by atoms with E-state index >= 15 is 0 Å². The third-order valence-corrected chi connectivity index (χ3v) is 3.01. The molecule has 0 saturated carbocycles. The van der Waals surface area contributed by atoms with E-state index in [9.17, 15) is 4.79 Å². The van der Waals surface area contributed by atoms with Crippen LogP contribution >= 0.6 is 15.9 Å². The predicted molar refractivity (Wildman–Crippen MR) is 71.2 cm³/mol. The van der Waals surface area contributed by atoms with Gasteiger partial charge in [0.15, 0.2) is 0 Å². The van der Waals surface area contributed by atoms with Crippen molar-refractivity contribution in [3.05, 3.63) is 28.2 Å². The molecular weight excluding hydrogens is 284 g/mol. The zero-order valence-electron chi connectivity index (χ0n) is 10.2. The fourth-order valence-electron chi connectivity index (χ4n) is 1.49. The second kappa shape index (κ2) is 6.61. The van der Waals surface area contributed by atoms with Gasteiger partial charge in [0.1, 0.15) is 5.75 Å². The summed E-state index contributed by atoms with van der Waals surface area (Å²) < 4.78 is 6.04. The van der Waals surface area contributed by atoms with Gasteiger partial charge < -0.3 is 15.4 Å². The van der Waals surface area contributed by atoms with Crippen LogP contribution in [0, 0.1) is 0 Å². The molecule has 1 aromatic carbocycles. The quantitative estimate of drug-likeness (QED) is 0.873. The van der Waals surface area contributed by atoms with Gasteiger partial charge in [0, 0.05) is 0 Å². The summed E-state index contributed by atoms with van der Waals surface area (Å²) in [6.45, 7) is 2.27. The van der Waals surface area contributed by atoms with Crippen LogP contribution in [-0.4, -0.2) is 26.6 Å². The normalized spacial score (nSPS) is 12.0. The Morgan fingerprint density at radius 3 is 2.76 bits per heavy atom. The lowest BCUT2D eigenvalue weighted by Crippen LogP contribution is -2.33. The molecule has 0 bridgehead atoms. The SMILES string of the molecule is CNCC(=O)NC(C)c1ccc(OC)c(Br)c1. The highest BCUT2D eigenvalue weighted by atomic mass is 79.9. The van der Waals surface area contributed by atoms with Gasteiger partial charge in [-0.3, -0.25) is 4.79 Å². The van der Waals surface area contributed by atoms with Crippen molar-refractivity contribution in [2.75, 3.05) is 20.7 Å². The number of likely N-dealkylation sites (N-methyl/N-ethyl adjacent to an activating group) is 1. The zero-order chi connectivity index (χ0) is 12.8. The van der Waals surface area contributed by atoms with Crippen molar-refractivity contribution in [1.82, 2.24) is 10.6 Å². The number of benzene rings is 1. The van der Waals surface area contributed by atoms with E-state index in [1.165, 1.54) is 0 Å². The number of carbonyl (C=O) groups excluding carboxylic acids is 1. The van der Waals surface area contributed by atoms with E-state index in [0.717, 1.165) is 15.8 Å². The Morgan fingerprint density at radius 2 is 2.24 bits per heavy atom. The Balaban J connectivity index is 2.72. The Morgan fingerprint density at radius 1 is 1.53 bits per heavy atom. The third kappa shape index (κ3) is 4.02. The molecule has 1 amide bonds. The number of ether oxygens (including phenoxy) is 1. The molecule has 4 nitrogen and oxygen atoms in total. The Bertz CT molecular complexity index is 396. The number of nitrogens with one attached hydrogen (secondary N) is 2. The molecule has 17 heavy (non-hydrogen) atoms. The summed E-state index contributed by atoms with van der Waals surface area (Å²) in [4.78, 5) is 11.4. The van der Waals surface area contributed by atoms with Crippen LogP contribution in [0.5, 0.6) is 5.75 Å². The second-order valence-electron chi connectivity index (χ2n) is 3.71. The molecule has 0 fully saturated rings. The van der Waals surface area contributed by atoms with Crippen LogP contribution in [0.4, 0.5) is 0 Å². The van der Waals surface area contributed by atoms with Gasteiger partial charge in [-0.1, -0.05) is 6.07 Å². The van der Waals surface area contributed by atoms with Gasteiger partial charge >= 0.3 is 0 Å². The van der Waals surface area contributed by atoms with E-state index in [-0.39, 0.29) is 11.9 Å². The zero-order valence-corrected chi connectivity index (χ0v) is 11.8. The molecule has 0 spiro atoms. The smallest absolute Gasteiger partial charge is 0.234 e. The number of hydrogen-bond acceptors (Lipinski definition) is 3. The summed E-state index contributed by atoms with van der Waals surface area (Å²) in [6, 6.07) is 5.73. The molecule has 0 saturated heterocycles. The molecule has 1 atom stereocenters. The lowest BCUT2D eigenvalue weighted by Gasteiger charge is -2.15. The summed E-state index contributed by atoms with van der Waals surface area (Å²) in [5, 5.41) is 5.71. The molecule has 5 heteroatoms. The molecule has 0 aliphatic carbocycles. The summed E-state index contributed by atoms with van der Waals surface area (Å²) in [6.07, 6.45) is 0. The van der Waals surface area contributed by atoms with E-state index in [2.05, 4.69) is 26.6 Å². The van der Waals surface area contributed by atoms with E-state index in [1.54, 1.807) is 14.2 Å². The van der Waals surface area contributed by atoms with Crippen molar-refractivity contribution in [1.29, 1.82) is 0 Å². The van der Waals surface area contributed by atoms with Crippen molar-refractivity contribution in [3.8, 4) is 5.75 Å². The van der Waals surface area contributed by atoms with Gasteiger partial charge in [0.2, 0.25) is 5.91 Å². The van der Waals surface area contributed by atoms with Crippen LogP contribution < -0.4 is 15.4 Å². The first-order chi connectivity index (χ1) is 8.08. The highest BCUT2D eigenvalue weighted by molar-refractivity contribution is 9.10. The number of rotatable bonds is 5. The van der Waals surface area contributed by atoms with Crippen LogP contribution in [0.1, 0.15) is 18.5 Å². The van der Waals surface area contributed by atoms with Crippen molar-refractivity contribution in [2.45, 2.75) is 13.0 Å². The average Bonchev–Trinajstić information content (AvgIpc) is 2.29. The monoisotopic (exact) mass is 300 g/mol. The summed E-state index contributed by atoms with van der Waals surface area (Å²) in [5.41, 5.74) is 1.03. The highest BCUT2D eigenvalue weighted by Gasteiger charge is 2.10. The van der Waals surface area contributed by atoms with Crippen molar-refractivity contribution in [3.63, 3.8) is 0 Å². The number of hydrogen-bond donors (Lipinski definition) is 2.